The Kier molecular flexibility index (Phi) is 6.68. The molecule has 1 unspecified atom stereocenters. The third-order valence-electron chi connectivity index (χ3n) is 7.95. The van der Waals surface area contributed by atoms with E-state index in [1.54, 1.807) is 0 Å². The highest BCUT2D eigenvalue weighted by atomic mass is 16.5. The van der Waals surface area contributed by atoms with E-state index in [9.17, 15) is 4.79 Å². The molecule has 0 bridgehead atoms. The van der Waals surface area contributed by atoms with Gasteiger partial charge in [-0.25, -0.2) is 0 Å². The summed E-state index contributed by atoms with van der Waals surface area (Å²) in [4.78, 5) is 15.4. The zero-order valence-electron chi connectivity index (χ0n) is 21.2. The van der Waals surface area contributed by atoms with E-state index in [1.807, 2.05) is 18.2 Å². The number of aryl methyl sites for hydroxylation is 1. The fraction of sp³-hybridized carbons (Fsp3) is 0.452. The van der Waals surface area contributed by atoms with Gasteiger partial charge in [0.2, 0.25) is 0 Å². The van der Waals surface area contributed by atoms with Gasteiger partial charge in [-0.3, -0.25) is 9.69 Å². The molecular weight excluding hydrogens is 450 g/mol. The molecule has 1 atom stereocenters. The van der Waals surface area contributed by atoms with Crippen molar-refractivity contribution in [3.63, 3.8) is 0 Å². The van der Waals surface area contributed by atoms with E-state index in [0.29, 0.717) is 26.1 Å². The van der Waals surface area contributed by atoms with E-state index in [0.717, 1.165) is 63.8 Å². The van der Waals surface area contributed by atoms with Crippen LogP contribution in [0.25, 0.3) is 11.6 Å². The molecule has 1 aliphatic carbocycles. The molecule has 0 N–H and O–H groups in total. The van der Waals surface area contributed by atoms with Crippen LogP contribution in [0.4, 0.5) is 0 Å². The van der Waals surface area contributed by atoms with Crippen LogP contribution in [0.1, 0.15) is 54.9 Å². The minimum Gasteiger partial charge on any atom is -0.492 e. The number of carbonyl (C=O) groups is 1. The number of hydrogen-bond donors (Lipinski definition) is 0. The molecule has 2 aromatic carbocycles. The summed E-state index contributed by atoms with van der Waals surface area (Å²) in [5.74, 6) is 1.93. The van der Waals surface area contributed by atoms with Gasteiger partial charge in [0.25, 0.3) is 0 Å². The van der Waals surface area contributed by atoms with Crippen LogP contribution >= 0.6 is 0 Å². The molecule has 5 nitrogen and oxygen atoms in total. The largest absolute Gasteiger partial charge is 0.492 e. The van der Waals surface area contributed by atoms with E-state index < -0.39 is 0 Å². The highest BCUT2D eigenvalue weighted by molar-refractivity contribution is 5.97. The molecule has 0 aromatic heterocycles. The first-order valence-electron chi connectivity index (χ1n) is 13.4. The van der Waals surface area contributed by atoms with Crippen molar-refractivity contribution in [3.8, 4) is 11.5 Å². The maximum atomic E-state index is 13.0. The zero-order chi connectivity index (χ0) is 24.5. The second kappa shape index (κ2) is 10.2. The number of fused-ring (bicyclic) bond motifs is 4. The van der Waals surface area contributed by atoms with Crippen molar-refractivity contribution in [2.24, 2.45) is 0 Å². The van der Waals surface area contributed by atoms with Crippen LogP contribution in [-0.4, -0.2) is 50.1 Å². The van der Waals surface area contributed by atoms with E-state index in [2.05, 4.69) is 36.1 Å². The Morgan fingerprint density at radius 3 is 2.78 bits per heavy atom. The van der Waals surface area contributed by atoms with Gasteiger partial charge in [-0.2, -0.15) is 0 Å². The standard InChI is InChI=1S/C31H35NO4/c1-21-16-27-28(31-26(21)6-5-14-35-31)19-24(33)17-23-18-30(36-20-29(23)27)22-7-9-25(10-8-22)34-15-13-32-11-3-2-4-12-32/h6-10,16-17,30H,2-5,11-15,18-20H2,1H3. The van der Waals surface area contributed by atoms with Crippen LogP contribution in [0.3, 0.4) is 0 Å². The first-order chi connectivity index (χ1) is 17.7. The Bertz CT molecular complexity index is 1300. The van der Waals surface area contributed by atoms with Crippen LogP contribution in [-0.2, 0) is 16.0 Å². The Balaban J connectivity index is 1.19. The van der Waals surface area contributed by atoms with Gasteiger partial charge in [-0.1, -0.05) is 30.7 Å². The second-order valence-corrected chi connectivity index (χ2v) is 10.4. The Hall–Kier alpha value is -2.89. The molecule has 5 heteroatoms. The lowest BCUT2D eigenvalue weighted by molar-refractivity contribution is -0.114. The number of likely N-dealkylation sites (tertiary alicyclic amines) is 1. The van der Waals surface area contributed by atoms with Crippen molar-refractivity contribution in [1.29, 1.82) is 0 Å². The molecule has 0 spiro atoms. The summed E-state index contributed by atoms with van der Waals surface area (Å²) in [6.07, 6.45) is 9.95. The molecule has 2 saturated heterocycles. The molecule has 0 amide bonds. The predicted molar refractivity (Wildman–Crippen MR) is 141 cm³/mol. The molecular formula is C31H35NO4. The molecule has 2 fully saturated rings. The predicted octanol–water partition coefficient (Wildman–Crippen LogP) is 3.79. The van der Waals surface area contributed by atoms with E-state index in [1.165, 1.54) is 37.9 Å². The van der Waals surface area contributed by atoms with E-state index in [4.69, 9.17) is 14.2 Å². The highest BCUT2D eigenvalue weighted by Gasteiger charge is 2.28. The van der Waals surface area contributed by atoms with Gasteiger partial charge in [0, 0.05) is 36.6 Å². The van der Waals surface area contributed by atoms with Gasteiger partial charge in [0.05, 0.1) is 19.3 Å². The van der Waals surface area contributed by atoms with Crippen molar-refractivity contribution in [2.75, 3.05) is 39.5 Å². The molecule has 4 aliphatic rings. The lowest BCUT2D eigenvalue weighted by Crippen LogP contribution is -2.33. The molecule has 188 valence electrons. The minimum absolute atomic E-state index is 0.0694. The summed E-state index contributed by atoms with van der Waals surface area (Å²) in [6, 6.07) is 10.5. The summed E-state index contributed by atoms with van der Waals surface area (Å²) < 4.78 is 18.5. The summed E-state index contributed by atoms with van der Waals surface area (Å²) in [5, 5.41) is 2.26. The second-order valence-electron chi connectivity index (χ2n) is 10.4. The normalized spacial score (nSPS) is 21.8. The van der Waals surface area contributed by atoms with Crippen molar-refractivity contribution in [2.45, 2.75) is 51.6 Å². The Morgan fingerprint density at radius 1 is 1.11 bits per heavy atom. The van der Waals surface area contributed by atoms with Crippen molar-refractivity contribution in [1.82, 2.24) is 4.90 Å². The number of ketones is 1. The minimum atomic E-state index is -0.0694. The van der Waals surface area contributed by atoms with Gasteiger partial charge in [0.15, 0.2) is 5.78 Å². The third-order valence-corrected chi connectivity index (χ3v) is 7.95. The third kappa shape index (κ3) is 4.74. The molecule has 36 heavy (non-hydrogen) atoms. The number of carbonyl (C=O) groups excluding carboxylic acids is 1. The first kappa shape index (κ1) is 23.5. The van der Waals surface area contributed by atoms with Gasteiger partial charge in [-0.05, 0) is 78.6 Å². The lowest BCUT2D eigenvalue weighted by Gasteiger charge is -2.28. The summed E-state index contributed by atoms with van der Waals surface area (Å²) in [7, 11) is 0. The van der Waals surface area contributed by atoms with Crippen LogP contribution in [0.2, 0.25) is 0 Å². The average Bonchev–Trinajstić information content (AvgIpc) is 3.05. The monoisotopic (exact) mass is 485 g/mol. The number of allylic oxidation sites excluding steroid dienone is 1. The number of piperidine rings is 1. The Labute approximate surface area is 213 Å². The highest BCUT2D eigenvalue weighted by Crippen LogP contribution is 2.36. The molecule has 0 radical (unpaired) electrons. The van der Waals surface area contributed by atoms with Crippen LogP contribution < -0.4 is 19.9 Å². The van der Waals surface area contributed by atoms with Crippen LogP contribution in [0, 0.1) is 6.92 Å². The van der Waals surface area contributed by atoms with Gasteiger partial charge < -0.3 is 14.2 Å². The zero-order valence-corrected chi connectivity index (χ0v) is 21.2. The average molecular weight is 486 g/mol. The summed E-state index contributed by atoms with van der Waals surface area (Å²) in [6.45, 7) is 7.38. The number of hydrogen-bond acceptors (Lipinski definition) is 5. The maximum absolute atomic E-state index is 13.0. The fourth-order valence-electron chi connectivity index (χ4n) is 6.02. The number of nitrogens with zero attached hydrogens (tertiary/aromatic N) is 1. The molecule has 3 heterocycles. The quantitative estimate of drug-likeness (QED) is 0.645. The van der Waals surface area contributed by atoms with Crippen molar-refractivity contribution >= 4 is 17.4 Å². The van der Waals surface area contributed by atoms with Crippen molar-refractivity contribution < 1.29 is 19.0 Å². The summed E-state index contributed by atoms with van der Waals surface area (Å²) in [5.41, 5.74) is 5.56. The fourth-order valence-corrected chi connectivity index (χ4v) is 6.02. The lowest BCUT2D eigenvalue weighted by atomic mass is 9.91. The smallest absolute Gasteiger partial charge is 0.160 e. The van der Waals surface area contributed by atoms with Gasteiger partial charge in [0.1, 0.15) is 18.1 Å². The van der Waals surface area contributed by atoms with Gasteiger partial charge in [-0.15, -0.1) is 0 Å². The SMILES string of the molecule is Cc1cc2c(c3c1=CCCO3)CC(=O)C=C1CC(c3ccc(OCCN4CCCCC4)cc3)OCC=21. The molecule has 3 aliphatic heterocycles. The van der Waals surface area contributed by atoms with Gasteiger partial charge >= 0.3 is 0 Å². The molecule has 6 rings (SSSR count). The number of rotatable bonds is 5. The molecule has 0 saturated carbocycles. The molecule has 2 aromatic rings. The maximum Gasteiger partial charge on any atom is 0.160 e. The van der Waals surface area contributed by atoms with Crippen molar-refractivity contribution in [3.05, 3.63) is 69.1 Å². The van der Waals surface area contributed by atoms with Crippen LogP contribution in [0.5, 0.6) is 11.5 Å². The number of ether oxygens (including phenoxy) is 3. The van der Waals surface area contributed by atoms with Crippen LogP contribution in [0.15, 0.2) is 42.0 Å². The number of benzene rings is 2. The topological polar surface area (TPSA) is 48.0 Å². The first-order valence-corrected chi connectivity index (χ1v) is 13.4. The van der Waals surface area contributed by atoms with E-state index in [-0.39, 0.29) is 11.9 Å². The Morgan fingerprint density at radius 2 is 1.94 bits per heavy atom. The van der Waals surface area contributed by atoms with E-state index >= 15 is 0 Å². The summed E-state index contributed by atoms with van der Waals surface area (Å²) >= 11 is 0.